The average Bonchev–Trinajstić information content (AvgIpc) is 3.07. The molecule has 0 N–H and O–H groups in total. The zero-order valence-electron chi connectivity index (χ0n) is 30.6. The van der Waals surface area contributed by atoms with E-state index < -0.39 is 24.1 Å². The van der Waals surface area contributed by atoms with Crippen molar-refractivity contribution < 1.29 is 73.8 Å². The summed E-state index contributed by atoms with van der Waals surface area (Å²) in [6.45, 7) is 21.7. The van der Waals surface area contributed by atoms with Crippen molar-refractivity contribution in [2.75, 3.05) is 11.7 Å². The van der Waals surface area contributed by atoms with Crippen molar-refractivity contribution in [3.05, 3.63) is 126 Å². The van der Waals surface area contributed by atoms with E-state index in [-0.39, 0.29) is 68.0 Å². The molecule has 3 rings (SSSR count). The molecule has 0 amide bonds. The first kappa shape index (κ1) is 47.8. The van der Waals surface area contributed by atoms with Gasteiger partial charge >= 0.3 is 57.6 Å². The standard InChI is InChI=1S/C27H25F4N2O.C8H18.C3H6.C2H6.K/c1-19(2)34-26(20(3)27(28,29)30)18-33(31)25-15-13-23(14-16-25)22-11-9-21(10-12-22)17-32-24-7-5-4-6-8-24;1-4-6-7-8(3)5-2;1-3-2;1-2;/h4-16H,1,17-18H2,2-3H3;8H,4-7H2,1-3H3;3H,1H2,2H3;1-2H3;/q-1;;;;+1/b26-20+;;;;. The van der Waals surface area contributed by atoms with Crippen LogP contribution in [0.4, 0.5) is 29.0 Å². The van der Waals surface area contributed by atoms with Gasteiger partial charge in [0.2, 0.25) is 0 Å². The van der Waals surface area contributed by atoms with E-state index in [2.05, 4.69) is 39.2 Å². The molecule has 0 saturated carbocycles. The van der Waals surface area contributed by atoms with Crippen molar-refractivity contribution in [2.45, 2.75) is 93.8 Å². The zero-order valence-corrected chi connectivity index (χ0v) is 33.8. The molecule has 48 heavy (non-hydrogen) atoms. The predicted molar refractivity (Wildman–Crippen MR) is 194 cm³/mol. The fraction of sp³-hybridized carbons (Fsp3) is 0.400. The predicted octanol–water partition coefficient (Wildman–Crippen LogP) is 11.1. The number of alkyl halides is 3. The number of unbranched alkanes of at least 4 members (excludes halogenated alkanes) is 1. The normalized spacial score (nSPS) is 11.2. The van der Waals surface area contributed by atoms with Crippen LogP contribution in [-0.2, 0) is 11.3 Å². The van der Waals surface area contributed by atoms with Crippen LogP contribution in [0.1, 0.15) is 86.6 Å². The van der Waals surface area contributed by atoms with E-state index in [9.17, 15) is 17.7 Å². The van der Waals surface area contributed by atoms with E-state index in [1.165, 1.54) is 44.7 Å². The molecule has 0 aliphatic carbocycles. The summed E-state index contributed by atoms with van der Waals surface area (Å²) in [5, 5.41) is 4.76. The molecule has 0 saturated heterocycles. The number of halogens is 4. The number of benzene rings is 3. The van der Waals surface area contributed by atoms with Crippen molar-refractivity contribution in [3.8, 4) is 11.1 Å². The van der Waals surface area contributed by atoms with Gasteiger partial charge in [-0.05, 0) is 49.9 Å². The third-order valence-electron chi connectivity index (χ3n) is 6.81. The summed E-state index contributed by atoms with van der Waals surface area (Å²) >= 11 is 0. The van der Waals surface area contributed by atoms with Crippen LogP contribution in [0.3, 0.4) is 0 Å². The Bertz CT molecular complexity index is 1290. The second-order valence-corrected chi connectivity index (χ2v) is 10.8. The molecule has 0 aromatic heterocycles. The number of hydrogen-bond donors (Lipinski definition) is 0. The van der Waals surface area contributed by atoms with Crippen LogP contribution in [0.15, 0.2) is 115 Å². The van der Waals surface area contributed by atoms with Crippen LogP contribution >= 0.6 is 0 Å². The number of anilines is 1. The molecule has 3 nitrogen and oxygen atoms in total. The minimum Gasteiger partial charge on any atom is -0.681 e. The Hall–Kier alpha value is -2.36. The summed E-state index contributed by atoms with van der Waals surface area (Å²) < 4.78 is 59.0. The largest absolute Gasteiger partial charge is 1.00 e. The maximum Gasteiger partial charge on any atom is 1.00 e. The molecule has 0 aliphatic rings. The summed E-state index contributed by atoms with van der Waals surface area (Å²) in [6, 6.07) is 24.0. The second kappa shape index (κ2) is 27.5. The summed E-state index contributed by atoms with van der Waals surface area (Å²) in [5.74, 6) is 0.459. The number of nitrogens with zero attached hydrogens (tertiary/aromatic N) is 2. The summed E-state index contributed by atoms with van der Waals surface area (Å²) in [5.41, 5.74) is 2.85. The van der Waals surface area contributed by atoms with Crippen LogP contribution in [0.5, 0.6) is 0 Å². The Labute approximate surface area is 330 Å². The molecule has 0 radical (unpaired) electrons. The van der Waals surface area contributed by atoms with Crippen LogP contribution in [0.25, 0.3) is 16.4 Å². The van der Waals surface area contributed by atoms with Crippen LogP contribution in [-0.4, -0.2) is 12.7 Å². The van der Waals surface area contributed by atoms with Gasteiger partial charge in [-0.25, -0.2) is 5.12 Å². The Morgan fingerprint density at radius 3 is 1.85 bits per heavy atom. The maximum atomic E-state index is 14.7. The molecule has 1 unspecified atom stereocenters. The number of hydrogen-bond acceptors (Lipinski definition) is 2. The van der Waals surface area contributed by atoms with E-state index in [0.717, 1.165) is 35.2 Å². The molecule has 0 aliphatic heterocycles. The Balaban J connectivity index is 0. The maximum absolute atomic E-state index is 14.7. The quantitative estimate of drug-likeness (QED) is 0.0585. The van der Waals surface area contributed by atoms with Gasteiger partial charge in [-0.3, -0.25) is 0 Å². The average molecular weight is 695 g/mol. The molecular formula is C40H55F4KN2O. The molecule has 0 heterocycles. The Morgan fingerprint density at radius 1 is 0.917 bits per heavy atom. The van der Waals surface area contributed by atoms with Crippen LogP contribution < -0.4 is 56.5 Å². The SMILES string of the molecule is C=C(C)O/C(CN(F)c1ccc(-c2ccc(C[N-]c3ccccc3)cc2)cc1)=C(\C)C(F)(F)F.C=CC.CC.CCCCC(C)CC.[K+]. The first-order valence-corrected chi connectivity index (χ1v) is 16.4. The van der Waals surface area contributed by atoms with Gasteiger partial charge in [0.25, 0.3) is 0 Å². The van der Waals surface area contributed by atoms with E-state index in [0.29, 0.717) is 6.54 Å². The minimum atomic E-state index is -4.63. The molecule has 3 aromatic rings. The van der Waals surface area contributed by atoms with Gasteiger partial charge < -0.3 is 10.1 Å². The third-order valence-corrected chi connectivity index (χ3v) is 6.81. The first-order valence-electron chi connectivity index (χ1n) is 16.4. The topological polar surface area (TPSA) is 26.6 Å². The third kappa shape index (κ3) is 20.2. The summed E-state index contributed by atoms with van der Waals surface area (Å²) in [4.78, 5) is 0. The smallest absolute Gasteiger partial charge is 0.681 e. The van der Waals surface area contributed by atoms with Crippen molar-refractivity contribution in [1.82, 2.24) is 0 Å². The van der Waals surface area contributed by atoms with Crippen molar-refractivity contribution in [1.29, 1.82) is 0 Å². The van der Waals surface area contributed by atoms with Gasteiger partial charge in [0.1, 0.15) is 12.3 Å². The number of allylic oxidation sites excluding steroid dienone is 3. The van der Waals surface area contributed by atoms with Gasteiger partial charge in [-0.1, -0.05) is 150 Å². The van der Waals surface area contributed by atoms with Crippen LogP contribution in [0.2, 0.25) is 0 Å². The monoisotopic (exact) mass is 694 g/mol. The molecule has 1 atom stereocenters. The van der Waals surface area contributed by atoms with E-state index in [4.69, 9.17) is 4.74 Å². The number of rotatable bonds is 13. The zero-order chi connectivity index (χ0) is 35.8. The van der Waals surface area contributed by atoms with Gasteiger partial charge in [-0.2, -0.15) is 13.2 Å². The number of ether oxygens (including phenoxy) is 1. The van der Waals surface area contributed by atoms with Crippen molar-refractivity contribution >= 4 is 11.4 Å². The Morgan fingerprint density at radius 2 is 1.42 bits per heavy atom. The molecule has 0 fully saturated rings. The molecule has 260 valence electrons. The summed E-state index contributed by atoms with van der Waals surface area (Å²) in [6.07, 6.45) is 2.66. The molecule has 3 aromatic carbocycles. The molecule has 8 heteroatoms. The van der Waals surface area contributed by atoms with E-state index in [1.807, 2.05) is 75.4 Å². The van der Waals surface area contributed by atoms with Crippen molar-refractivity contribution in [3.63, 3.8) is 0 Å². The number of para-hydroxylation sites is 1. The minimum absolute atomic E-state index is 0. The van der Waals surface area contributed by atoms with Gasteiger partial charge in [-0.15, -0.1) is 18.8 Å². The van der Waals surface area contributed by atoms with Crippen LogP contribution in [0, 0.1) is 5.92 Å². The van der Waals surface area contributed by atoms with Gasteiger partial charge in [0.05, 0.1) is 17.0 Å². The van der Waals surface area contributed by atoms with Gasteiger partial charge in [0, 0.05) is 0 Å². The summed E-state index contributed by atoms with van der Waals surface area (Å²) in [7, 11) is 0. The fourth-order valence-electron chi connectivity index (χ4n) is 3.90. The van der Waals surface area contributed by atoms with Gasteiger partial charge in [0.15, 0.2) is 0 Å². The molecule has 0 bridgehead atoms. The van der Waals surface area contributed by atoms with Crippen molar-refractivity contribution in [2.24, 2.45) is 5.92 Å². The fourth-order valence-corrected chi connectivity index (χ4v) is 3.90. The van der Waals surface area contributed by atoms with E-state index >= 15 is 0 Å². The first-order chi connectivity index (χ1) is 22.4. The Kier molecular flexibility index (Phi) is 27.3. The molecule has 0 spiro atoms. The molecular weight excluding hydrogens is 640 g/mol. The van der Waals surface area contributed by atoms with E-state index in [1.54, 1.807) is 18.2 Å². The second-order valence-electron chi connectivity index (χ2n) is 10.8.